The number of amides is 3. The number of pyridine rings is 1. The summed E-state index contributed by atoms with van der Waals surface area (Å²) in [4.78, 5) is 58.1. The largest absolute Gasteiger partial charge is 0.483 e. The van der Waals surface area contributed by atoms with Crippen LogP contribution >= 0.6 is 0 Å². The fourth-order valence-electron chi connectivity index (χ4n) is 4.29. The lowest BCUT2D eigenvalue weighted by Gasteiger charge is -2.35. The van der Waals surface area contributed by atoms with Crippen molar-refractivity contribution in [1.29, 1.82) is 0 Å². The predicted molar refractivity (Wildman–Crippen MR) is 116 cm³/mol. The summed E-state index contributed by atoms with van der Waals surface area (Å²) in [6, 6.07) is 5.01. The Labute approximate surface area is 186 Å². The van der Waals surface area contributed by atoms with Crippen LogP contribution in [0, 0.1) is 11.8 Å². The first-order valence-corrected chi connectivity index (χ1v) is 11.0. The van der Waals surface area contributed by atoms with Gasteiger partial charge in [-0.3, -0.25) is 24.0 Å². The quantitative estimate of drug-likeness (QED) is 0.534. The van der Waals surface area contributed by atoms with Crippen LogP contribution in [0.2, 0.25) is 0 Å². The normalized spacial score (nSPS) is 21.1. The number of aryl methyl sites for hydroxylation is 1. The number of piperidine rings is 1. The van der Waals surface area contributed by atoms with Gasteiger partial charge in [0, 0.05) is 56.2 Å². The van der Waals surface area contributed by atoms with E-state index in [1.807, 2.05) is 4.90 Å². The first-order valence-electron chi connectivity index (χ1n) is 11.0. The van der Waals surface area contributed by atoms with E-state index in [1.54, 1.807) is 18.3 Å². The second-order valence-corrected chi connectivity index (χ2v) is 8.21. The van der Waals surface area contributed by atoms with Crippen molar-refractivity contribution < 1.29 is 24.3 Å². The van der Waals surface area contributed by atoms with Gasteiger partial charge < -0.3 is 25.6 Å². The molecular weight excluding hydrogens is 416 g/mol. The van der Waals surface area contributed by atoms with Crippen LogP contribution < -0.4 is 16.6 Å². The summed E-state index contributed by atoms with van der Waals surface area (Å²) in [5.41, 5.74) is 5.24. The van der Waals surface area contributed by atoms with Crippen LogP contribution in [0.25, 0.3) is 0 Å². The van der Waals surface area contributed by atoms with Gasteiger partial charge in [-0.05, 0) is 44.6 Å². The Kier molecular flexibility index (Phi) is 9.90. The highest BCUT2D eigenvalue weighted by atomic mass is 16.3. The second kappa shape index (κ2) is 12.6. The van der Waals surface area contributed by atoms with Crippen LogP contribution in [-0.2, 0) is 25.7 Å². The maximum atomic E-state index is 12.7. The number of nitrogens with zero attached hydrogens (tertiary/aromatic N) is 2. The summed E-state index contributed by atoms with van der Waals surface area (Å²) < 4.78 is 1.52. The molecule has 1 saturated carbocycles. The molecule has 32 heavy (non-hydrogen) atoms. The number of carbonyl (C=O) groups excluding carboxylic acids is 3. The number of aromatic nitrogens is 1. The molecule has 2 heterocycles. The molecule has 2 aliphatic rings. The summed E-state index contributed by atoms with van der Waals surface area (Å²) in [6.45, 7) is 1.31. The Hall–Kier alpha value is -3.17. The van der Waals surface area contributed by atoms with Crippen molar-refractivity contribution in [2.75, 3.05) is 13.1 Å². The minimum absolute atomic E-state index is 0.00354. The lowest BCUT2D eigenvalue weighted by molar-refractivity contribution is -0.139. The van der Waals surface area contributed by atoms with Crippen LogP contribution in [0.5, 0.6) is 0 Å². The third kappa shape index (κ3) is 7.51. The maximum Gasteiger partial charge on any atom is 0.290 e. The third-order valence-electron chi connectivity index (χ3n) is 6.13. The van der Waals surface area contributed by atoms with E-state index in [1.165, 1.54) is 10.6 Å². The van der Waals surface area contributed by atoms with E-state index in [-0.39, 0.29) is 54.1 Å². The molecule has 176 valence electrons. The predicted octanol–water partition coefficient (Wildman–Crippen LogP) is 0.338. The molecule has 4 N–H and O–H groups in total. The first kappa shape index (κ1) is 25.1. The van der Waals surface area contributed by atoms with Crippen molar-refractivity contribution in [2.24, 2.45) is 17.6 Å². The molecular formula is C22H32N4O6. The van der Waals surface area contributed by atoms with E-state index in [4.69, 9.17) is 15.6 Å². The van der Waals surface area contributed by atoms with Crippen molar-refractivity contribution in [3.63, 3.8) is 0 Å². The number of nitrogens with two attached hydrogens (primary N) is 1. The minimum atomic E-state index is -0.273. The smallest absolute Gasteiger partial charge is 0.290 e. The van der Waals surface area contributed by atoms with Crippen LogP contribution in [0.15, 0.2) is 29.2 Å². The summed E-state index contributed by atoms with van der Waals surface area (Å²) in [6.07, 6.45) is 6.33. The van der Waals surface area contributed by atoms with Gasteiger partial charge in [0.05, 0.1) is 0 Å². The third-order valence-corrected chi connectivity index (χ3v) is 6.13. The zero-order valence-electron chi connectivity index (χ0n) is 18.2. The number of carbonyl (C=O) groups is 4. The Morgan fingerprint density at radius 1 is 1.06 bits per heavy atom. The number of nitrogens with one attached hydrogen (secondary N) is 1. The molecule has 1 aliphatic carbocycles. The molecule has 10 nitrogen and oxygen atoms in total. The molecule has 1 aromatic rings. The molecule has 0 unspecified atom stereocenters. The Balaban J connectivity index is 0.00000114. The van der Waals surface area contributed by atoms with Gasteiger partial charge in [-0.1, -0.05) is 6.07 Å². The lowest BCUT2D eigenvalue weighted by Crippen LogP contribution is -2.46. The fraction of sp³-hybridized carbons (Fsp3) is 0.591. The molecule has 0 bridgehead atoms. The average molecular weight is 449 g/mol. The molecule has 0 spiro atoms. The number of rotatable bonds is 6. The highest BCUT2D eigenvalue weighted by Crippen LogP contribution is 2.28. The summed E-state index contributed by atoms with van der Waals surface area (Å²) >= 11 is 0. The van der Waals surface area contributed by atoms with E-state index in [9.17, 15) is 19.2 Å². The van der Waals surface area contributed by atoms with E-state index < -0.39 is 0 Å². The van der Waals surface area contributed by atoms with Crippen molar-refractivity contribution >= 4 is 24.2 Å². The van der Waals surface area contributed by atoms with Gasteiger partial charge >= 0.3 is 0 Å². The number of carboxylic acid groups (broad SMARTS) is 1. The number of primary amides is 1. The number of hydrogen-bond donors (Lipinski definition) is 3. The molecule has 3 rings (SSSR count). The Morgan fingerprint density at radius 3 is 2.25 bits per heavy atom. The second-order valence-electron chi connectivity index (χ2n) is 8.21. The standard InChI is InChI=1S/C21H30N4O4.CH2O2/c22-20(28)15-8-12-25(13-9-15)21(29)16-4-6-17(7-5-16)23-18(26)10-14-24-11-2-1-3-19(24)27;2-1-3/h1-3,11,15-17H,4-10,12-14H2,(H2,22,28)(H,23,26);1H,(H,2,3). The van der Waals surface area contributed by atoms with Crippen LogP contribution in [-0.4, -0.2) is 57.9 Å². The van der Waals surface area contributed by atoms with E-state index in [0.29, 0.717) is 32.5 Å². The molecule has 10 heteroatoms. The monoisotopic (exact) mass is 448 g/mol. The van der Waals surface area contributed by atoms with E-state index >= 15 is 0 Å². The lowest BCUT2D eigenvalue weighted by atomic mass is 9.84. The van der Waals surface area contributed by atoms with Gasteiger partial charge in [0.1, 0.15) is 0 Å². The van der Waals surface area contributed by atoms with Gasteiger partial charge in [-0.25, -0.2) is 0 Å². The molecule has 0 aromatic carbocycles. The SMILES string of the molecule is NC(=O)C1CCN(C(=O)C2CCC(NC(=O)CCn3ccccc3=O)CC2)CC1.O=CO. The summed E-state index contributed by atoms with van der Waals surface area (Å²) in [5.74, 6) is -0.288. The summed E-state index contributed by atoms with van der Waals surface area (Å²) in [5, 5.41) is 9.92. The van der Waals surface area contributed by atoms with Gasteiger partial charge in [-0.2, -0.15) is 0 Å². The van der Waals surface area contributed by atoms with Crippen molar-refractivity contribution in [1.82, 2.24) is 14.8 Å². The average Bonchev–Trinajstić information content (AvgIpc) is 2.79. The molecule has 0 atom stereocenters. The Bertz CT molecular complexity index is 839. The molecule has 0 radical (unpaired) electrons. The van der Waals surface area contributed by atoms with Crippen molar-refractivity contribution in [3.8, 4) is 0 Å². The Morgan fingerprint density at radius 2 is 1.69 bits per heavy atom. The zero-order chi connectivity index (χ0) is 23.5. The van der Waals surface area contributed by atoms with Gasteiger partial charge in [0.15, 0.2) is 0 Å². The van der Waals surface area contributed by atoms with E-state index in [2.05, 4.69) is 5.32 Å². The highest BCUT2D eigenvalue weighted by Gasteiger charge is 2.32. The van der Waals surface area contributed by atoms with Crippen LogP contribution in [0.3, 0.4) is 0 Å². The van der Waals surface area contributed by atoms with Crippen molar-refractivity contribution in [3.05, 3.63) is 34.7 Å². The van der Waals surface area contributed by atoms with Gasteiger partial charge in [0.25, 0.3) is 12.0 Å². The van der Waals surface area contributed by atoms with Gasteiger partial charge in [0.2, 0.25) is 17.7 Å². The molecule has 1 saturated heterocycles. The zero-order valence-corrected chi connectivity index (χ0v) is 18.2. The number of hydrogen-bond acceptors (Lipinski definition) is 5. The first-order chi connectivity index (χ1) is 15.3. The molecule has 2 fully saturated rings. The molecule has 1 aliphatic heterocycles. The van der Waals surface area contributed by atoms with Gasteiger partial charge in [-0.15, -0.1) is 0 Å². The topological polar surface area (TPSA) is 152 Å². The van der Waals surface area contributed by atoms with Crippen molar-refractivity contribution in [2.45, 2.75) is 57.5 Å². The fourth-order valence-corrected chi connectivity index (χ4v) is 4.29. The molecule has 1 aromatic heterocycles. The highest BCUT2D eigenvalue weighted by molar-refractivity contribution is 5.80. The molecule has 3 amide bonds. The summed E-state index contributed by atoms with van der Waals surface area (Å²) in [7, 11) is 0. The maximum absolute atomic E-state index is 12.7. The minimum Gasteiger partial charge on any atom is -0.483 e. The van der Waals surface area contributed by atoms with E-state index in [0.717, 1.165) is 25.7 Å². The number of likely N-dealkylation sites (tertiary alicyclic amines) is 1. The van der Waals surface area contributed by atoms with Crippen LogP contribution in [0.1, 0.15) is 44.9 Å². The van der Waals surface area contributed by atoms with Crippen LogP contribution in [0.4, 0.5) is 0 Å².